The van der Waals surface area contributed by atoms with Gasteiger partial charge in [-0.05, 0) is 41.6 Å². The maximum Gasteiger partial charge on any atom is 0.119 e. The SMILES string of the molecule is Cc1ccsc1-c1cc(O)cc(O)c1. The highest BCUT2D eigenvalue weighted by Gasteiger charge is 2.05. The molecule has 1 aromatic carbocycles. The minimum Gasteiger partial charge on any atom is -0.508 e. The van der Waals surface area contributed by atoms with Crippen LogP contribution in [-0.2, 0) is 0 Å². The van der Waals surface area contributed by atoms with Crippen molar-refractivity contribution in [3.8, 4) is 21.9 Å². The van der Waals surface area contributed by atoms with Crippen molar-refractivity contribution >= 4 is 11.3 Å². The Morgan fingerprint density at radius 3 is 2.21 bits per heavy atom. The van der Waals surface area contributed by atoms with Gasteiger partial charge < -0.3 is 10.2 Å². The highest BCUT2D eigenvalue weighted by Crippen LogP contribution is 2.33. The molecule has 3 heteroatoms. The first-order valence-electron chi connectivity index (χ1n) is 4.24. The van der Waals surface area contributed by atoms with Crippen LogP contribution in [0.3, 0.4) is 0 Å². The van der Waals surface area contributed by atoms with E-state index in [4.69, 9.17) is 0 Å². The quantitative estimate of drug-likeness (QED) is 0.752. The normalized spacial score (nSPS) is 10.4. The Balaban J connectivity index is 2.57. The van der Waals surface area contributed by atoms with Crippen molar-refractivity contribution in [2.75, 3.05) is 0 Å². The molecule has 0 aliphatic heterocycles. The molecule has 0 spiro atoms. The maximum absolute atomic E-state index is 9.33. The van der Waals surface area contributed by atoms with Crippen molar-refractivity contribution in [1.29, 1.82) is 0 Å². The lowest BCUT2D eigenvalue weighted by molar-refractivity contribution is 0.451. The molecule has 0 fully saturated rings. The lowest BCUT2D eigenvalue weighted by Crippen LogP contribution is -1.76. The zero-order chi connectivity index (χ0) is 10.1. The van der Waals surface area contributed by atoms with E-state index in [9.17, 15) is 10.2 Å². The third-order valence-electron chi connectivity index (χ3n) is 2.03. The number of aryl methyl sites for hydroxylation is 1. The third-order valence-corrected chi connectivity index (χ3v) is 3.09. The molecular formula is C11H10O2S. The van der Waals surface area contributed by atoms with Crippen LogP contribution in [0.5, 0.6) is 11.5 Å². The molecule has 0 amide bonds. The lowest BCUT2D eigenvalue weighted by atomic mass is 10.1. The van der Waals surface area contributed by atoms with Gasteiger partial charge in [-0.1, -0.05) is 0 Å². The van der Waals surface area contributed by atoms with Gasteiger partial charge in [0.25, 0.3) is 0 Å². The maximum atomic E-state index is 9.33. The van der Waals surface area contributed by atoms with E-state index < -0.39 is 0 Å². The Morgan fingerprint density at radius 2 is 1.71 bits per heavy atom. The molecule has 2 aromatic rings. The van der Waals surface area contributed by atoms with Crippen LogP contribution in [0.25, 0.3) is 10.4 Å². The number of hydrogen-bond donors (Lipinski definition) is 2. The number of rotatable bonds is 1. The van der Waals surface area contributed by atoms with Gasteiger partial charge in [-0.3, -0.25) is 0 Å². The monoisotopic (exact) mass is 206 g/mol. The van der Waals surface area contributed by atoms with Crippen LogP contribution in [-0.4, -0.2) is 10.2 Å². The molecule has 2 N–H and O–H groups in total. The summed E-state index contributed by atoms with van der Waals surface area (Å²) in [5.41, 5.74) is 2.01. The van der Waals surface area contributed by atoms with Gasteiger partial charge in [-0.25, -0.2) is 0 Å². The number of benzene rings is 1. The van der Waals surface area contributed by atoms with Crippen molar-refractivity contribution in [3.05, 3.63) is 35.2 Å². The first kappa shape index (κ1) is 9.09. The molecule has 2 nitrogen and oxygen atoms in total. The number of hydrogen-bond acceptors (Lipinski definition) is 3. The second-order valence-electron chi connectivity index (χ2n) is 3.17. The predicted molar refractivity (Wildman–Crippen MR) is 57.8 cm³/mol. The topological polar surface area (TPSA) is 40.5 Å². The summed E-state index contributed by atoms with van der Waals surface area (Å²) >= 11 is 1.60. The molecule has 0 aliphatic rings. The molecule has 0 aliphatic carbocycles. The molecule has 2 rings (SSSR count). The van der Waals surface area contributed by atoms with Gasteiger partial charge in [0.2, 0.25) is 0 Å². The van der Waals surface area contributed by atoms with Gasteiger partial charge in [0, 0.05) is 10.9 Å². The first-order chi connectivity index (χ1) is 6.66. The Morgan fingerprint density at radius 1 is 1.07 bits per heavy atom. The third kappa shape index (κ3) is 1.59. The average Bonchev–Trinajstić information content (AvgIpc) is 2.49. The number of aromatic hydroxyl groups is 2. The standard InChI is InChI=1S/C11H10O2S/c1-7-2-3-14-11(7)8-4-9(12)6-10(13)5-8/h2-6,12-13H,1H3. The van der Waals surface area contributed by atoms with Crippen LogP contribution >= 0.6 is 11.3 Å². The van der Waals surface area contributed by atoms with E-state index in [1.165, 1.54) is 6.07 Å². The van der Waals surface area contributed by atoms with E-state index in [1.54, 1.807) is 23.5 Å². The molecule has 0 bridgehead atoms. The largest absolute Gasteiger partial charge is 0.508 e. The van der Waals surface area contributed by atoms with E-state index in [2.05, 4.69) is 0 Å². The molecular weight excluding hydrogens is 196 g/mol. The molecule has 0 radical (unpaired) electrons. The van der Waals surface area contributed by atoms with Crippen LogP contribution < -0.4 is 0 Å². The van der Waals surface area contributed by atoms with Crippen LogP contribution in [0.4, 0.5) is 0 Å². The molecule has 0 saturated heterocycles. The summed E-state index contributed by atoms with van der Waals surface area (Å²) in [4.78, 5) is 1.08. The molecule has 0 atom stereocenters. The smallest absolute Gasteiger partial charge is 0.119 e. The number of phenolic OH excluding ortho intramolecular Hbond substituents is 2. The summed E-state index contributed by atoms with van der Waals surface area (Å²) in [5, 5.41) is 20.6. The Hall–Kier alpha value is -1.48. The second kappa shape index (κ2) is 3.35. The van der Waals surface area contributed by atoms with E-state index >= 15 is 0 Å². The number of phenols is 2. The van der Waals surface area contributed by atoms with Gasteiger partial charge in [0.15, 0.2) is 0 Å². The molecule has 1 aromatic heterocycles. The molecule has 0 unspecified atom stereocenters. The Labute approximate surface area is 86.1 Å². The Kier molecular flexibility index (Phi) is 2.17. The zero-order valence-electron chi connectivity index (χ0n) is 7.69. The van der Waals surface area contributed by atoms with E-state index in [-0.39, 0.29) is 11.5 Å². The fraction of sp³-hybridized carbons (Fsp3) is 0.0909. The zero-order valence-corrected chi connectivity index (χ0v) is 8.51. The van der Waals surface area contributed by atoms with Crippen LogP contribution in [0.15, 0.2) is 29.6 Å². The first-order valence-corrected chi connectivity index (χ1v) is 5.12. The van der Waals surface area contributed by atoms with Gasteiger partial charge in [0.1, 0.15) is 11.5 Å². The van der Waals surface area contributed by atoms with Crippen LogP contribution in [0, 0.1) is 6.92 Å². The van der Waals surface area contributed by atoms with Crippen molar-refractivity contribution in [2.45, 2.75) is 6.92 Å². The highest BCUT2D eigenvalue weighted by molar-refractivity contribution is 7.13. The fourth-order valence-electron chi connectivity index (χ4n) is 1.39. The van der Waals surface area contributed by atoms with Crippen LogP contribution in [0.1, 0.15) is 5.56 Å². The van der Waals surface area contributed by atoms with Crippen molar-refractivity contribution in [2.24, 2.45) is 0 Å². The van der Waals surface area contributed by atoms with E-state index in [0.717, 1.165) is 16.0 Å². The summed E-state index contributed by atoms with van der Waals surface area (Å²) in [6.45, 7) is 2.01. The van der Waals surface area contributed by atoms with Gasteiger partial charge in [-0.2, -0.15) is 0 Å². The minimum atomic E-state index is 0.0906. The van der Waals surface area contributed by atoms with E-state index in [1.807, 2.05) is 18.4 Å². The number of thiophene rings is 1. The van der Waals surface area contributed by atoms with Crippen molar-refractivity contribution < 1.29 is 10.2 Å². The molecule has 1 heterocycles. The van der Waals surface area contributed by atoms with Crippen LogP contribution in [0.2, 0.25) is 0 Å². The van der Waals surface area contributed by atoms with E-state index in [0.29, 0.717) is 0 Å². The summed E-state index contributed by atoms with van der Waals surface area (Å²) < 4.78 is 0. The summed E-state index contributed by atoms with van der Waals surface area (Å²) in [5.74, 6) is 0.181. The molecule has 14 heavy (non-hydrogen) atoms. The van der Waals surface area contributed by atoms with Gasteiger partial charge >= 0.3 is 0 Å². The molecule has 0 saturated carbocycles. The summed E-state index contributed by atoms with van der Waals surface area (Å²) in [7, 11) is 0. The average molecular weight is 206 g/mol. The molecule has 72 valence electrons. The minimum absolute atomic E-state index is 0.0906. The highest BCUT2D eigenvalue weighted by atomic mass is 32.1. The second-order valence-corrected chi connectivity index (χ2v) is 4.09. The van der Waals surface area contributed by atoms with Gasteiger partial charge in [-0.15, -0.1) is 11.3 Å². The summed E-state index contributed by atoms with van der Waals surface area (Å²) in [6.07, 6.45) is 0. The fourth-order valence-corrected chi connectivity index (χ4v) is 2.31. The summed E-state index contributed by atoms with van der Waals surface area (Å²) in [6, 6.07) is 6.64. The predicted octanol–water partition coefficient (Wildman–Crippen LogP) is 3.13. The van der Waals surface area contributed by atoms with Crippen molar-refractivity contribution in [3.63, 3.8) is 0 Å². The van der Waals surface area contributed by atoms with Gasteiger partial charge in [0.05, 0.1) is 0 Å². The van der Waals surface area contributed by atoms with Crippen molar-refractivity contribution in [1.82, 2.24) is 0 Å². The Bertz CT molecular complexity index is 440. The lowest BCUT2D eigenvalue weighted by Gasteiger charge is -2.02.